The summed E-state index contributed by atoms with van der Waals surface area (Å²) in [5, 5.41) is 0. The molecule has 0 unspecified atom stereocenters. The SMILES string of the molecule is COC(=O)c1cnsn1. The van der Waals surface area contributed by atoms with Crippen LogP contribution in [0.15, 0.2) is 6.20 Å². The lowest BCUT2D eigenvalue weighted by Crippen LogP contribution is -2.00. The highest BCUT2D eigenvalue weighted by Crippen LogP contribution is 1.95. The molecule has 0 aliphatic rings. The first-order valence-corrected chi connectivity index (χ1v) is 2.93. The molecule has 0 bridgehead atoms. The van der Waals surface area contributed by atoms with Gasteiger partial charge in [-0.15, -0.1) is 0 Å². The van der Waals surface area contributed by atoms with Gasteiger partial charge in [0.15, 0.2) is 5.69 Å². The van der Waals surface area contributed by atoms with Gasteiger partial charge in [0.2, 0.25) is 0 Å². The van der Waals surface area contributed by atoms with Crippen LogP contribution in [0, 0.1) is 0 Å². The maximum Gasteiger partial charge on any atom is 0.359 e. The predicted octanol–water partition coefficient (Wildman–Crippen LogP) is 0.325. The number of aromatic nitrogens is 2. The number of nitrogens with zero attached hydrogens (tertiary/aromatic N) is 2. The summed E-state index contributed by atoms with van der Waals surface area (Å²) in [5.74, 6) is -0.441. The summed E-state index contributed by atoms with van der Waals surface area (Å²) in [4.78, 5) is 10.6. The fraction of sp³-hybridized carbons (Fsp3) is 0.250. The lowest BCUT2D eigenvalue weighted by Gasteiger charge is -1.88. The second-order valence-electron chi connectivity index (χ2n) is 1.28. The highest BCUT2D eigenvalue weighted by atomic mass is 32.1. The van der Waals surface area contributed by atoms with Crippen LogP contribution in [0.1, 0.15) is 10.5 Å². The monoisotopic (exact) mass is 144 g/mol. The highest BCUT2D eigenvalue weighted by molar-refractivity contribution is 6.99. The van der Waals surface area contributed by atoms with Crippen LogP contribution in [0.3, 0.4) is 0 Å². The van der Waals surface area contributed by atoms with Gasteiger partial charge in [-0.05, 0) is 0 Å². The van der Waals surface area contributed by atoms with Crippen LogP contribution in [0.4, 0.5) is 0 Å². The minimum absolute atomic E-state index is 0.266. The predicted molar refractivity (Wildman–Crippen MR) is 31.2 cm³/mol. The van der Waals surface area contributed by atoms with Gasteiger partial charge < -0.3 is 4.74 Å². The van der Waals surface area contributed by atoms with Crippen molar-refractivity contribution < 1.29 is 9.53 Å². The number of carbonyl (C=O) groups is 1. The van der Waals surface area contributed by atoms with Crippen molar-refractivity contribution in [3.63, 3.8) is 0 Å². The number of hydrogen-bond donors (Lipinski definition) is 0. The van der Waals surface area contributed by atoms with Gasteiger partial charge in [0.25, 0.3) is 0 Å². The molecule has 1 rings (SSSR count). The van der Waals surface area contributed by atoms with Crippen LogP contribution in [-0.4, -0.2) is 21.8 Å². The normalized spacial score (nSPS) is 9.00. The second-order valence-corrected chi connectivity index (χ2v) is 1.84. The molecule has 0 fully saturated rings. The number of methoxy groups -OCH3 is 1. The van der Waals surface area contributed by atoms with Crippen LogP contribution in [-0.2, 0) is 4.74 Å². The van der Waals surface area contributed by atoms with Gasteiger partial charge in [-0.2, -0.15) is 8.75 Å². The van der Waals surface area contributed by atoms with E-state index in [9.17, 15) is 4.79 Å². The zero-order valence-corrected chi connectivity index (χ0v) is 5.51. The summed E-state index contributed by atoms with van der Waals surface area (Å²) in [6.07, 6.45) is 1.37. The Hall–Kier alpha value is -0.970. The van der Waals surface area contributed by atoms with Crippen molar-refractivity contribution in [2.75, 3.05) is 7.11 Å². The summed E-state index contributed by atoms with van der Waals surface area (Å²) in [7, 11) is 1.31. The van der Waals surface area contributed by atoms with E-state index in [2.05, 4.69) is 13.5 Å². The van der Waals surface area contributed by atoms with Gasteiger partial charge in [-0.1, -0.05) is 0 Å². The maximum atomic E-state index is 10.6. The van der Waals surface area contributed by atoms with Crippen LogP contribution in [0.25, 0.3) is 0 Å². The van der Waals surface area contributed by atoms with Crippen molar-refractivity contribution in [1.29, 1.82) is 0 Å². The first-order chi connectivity index (χ1) is 4.34. The third kappa shape index (κ3) is 1.23. The Morgan fingerprint density at radius 1 is 1.89 bits per heavy atom. The molecule has 0 N–H and O–H groups in total. The molecule has 0 saturated carbocycles. The van der Waals surface area contributed by atoms with Gasteiger partial charge in [-0.25, -0.2) is 4.79 Å². The quantitative estimate of drug-likeness (QED) is 0.533. The molecular formula is C4H4N2O2S. The molecule has 4 nitrogen and oxygen atoms in total. The fourth-order valence-electron chi connectivity index (χ4n) is 0.359. The molecule has 0 saturated heterocycles. The van der Waals surface area contributed by atoms with E-state index < -0.39 is 5.97 Å². The number of carbonyl (C=O) groups excluding carboxylic acids is 1. The van der Waals surface area contributed by atoms with Gasteiger partial charge in [0.1, 0.15) is 0 Å². The van der Waals surface area contributed by atoms with Gasteiger partial charge in [0, 0.05) is 0 Å². The van der Waals surface area contributed by atoms with E-state index in [1.54, 1.807) is 0 Å². The van der Waals surface area contributed by atoms with Gasteiger partial charge >= 0.3 is 5.97 Å². The number of ether oxygens (including phenoxy) is 1. The van der Waals surface area contributed by atoms with Gasteiger partial charge in [-0.3, -0.25) is 0 Å². The van der Waals surface area contributed by atoms with Crippen LogP contribution in [0.2, 0.25) is 0 Å². The molecule has 0 amide bonds. The zero-order chi connectivity index (χ0) is 6.69. The van der Waals surface area contributed by atoms with Crippen LogP contribution in [0.5, 0.6) is 0 Å². The topological polar surface area (TPSA) is 52.1 Å². The zero-order valence-electron chi connectivity index (χ0n) is 4.70. The molecule has 9 heavy (non-hydrogen) atoms. The van der Waals surface area contributed by atoms with Crippen LogP contribution >= 0.6 is 11.7 Å². The first-order valence-electron chi connectivity index (χ1n) is 2.20. The van der Waals surface area contributed by atoms with E-state index in [0.717, 1.165) is 11.7 Å². The van der Waals surface area contributed by atoms with Gasteiger partial charge in [0.05, 0.1) is 25.0 Å². The fourth-order valence-corrected chi connectivity index (χ4v) is 0.763. The molecular weight excluding hydrogens is 140 g/mol. The van der Waals surface area contributed by atoms with E-state index in [0.29, 0.717) is 0 Å². The molecule has 0 radical (unpaired) electrons. The maximum absolute atomic E-state index is 10.6. The third-order valence-electron chi connectivity index (χ3n) is 0.756. The average Bonchev–Trinajstić information content (AvgIpc) is 2.37. The molecule has 0 atom stereocenters. The molecule has 0 aliphatic carbocycles. The summed E-state index contributed by atoms with van der Waals surface area (Å²) in [6, 6.07) is 0. The Balaban J connectivity index is 2.77. The van der Waals surface area contributed by atoms with E-state index in [4.69, 9.17) is 0 Å². The first kappa shape index (κ1) is 6.15. The average molecular weight is 144 g/mol. The number of esters is 1. The minimum atomic E-state index is -0.441. The standard InChI is InChI=1S/C4H4N2O2S/c1-8-4(7)3-2-5-9-6-3/h2H,1H3. The molecule has 1 aromatic rings. The minimum Gasteiger partial charge on any atom is -0.464 e. The Kier molecular flexibility index (Phi) is 1.74. The second kappa shape index (κ2) is 2.54. The highest BCUT2D eigenvalue weighted by Gasteiger charge is 2.06. The van der Waals surface area contributed by atoms with Crippen molar-refractivity contribution in [2.45, 2.75) is 0 Å². The Labute approximate surface area is 55.8 Å². The van der Waals surface area contributed by atoms with E-state index in [1.165, 1.54) is 13.3 Å². The number of hydrogen-bond acceptors (Lipinski definition) is 5. The molecule has 0 aliphatic heterocycles. The molecule has 1 aromatic heterocycles. The van der Waals surface area contributed by atoms with Crippen molar-refractivity contribution in [3.05, 3.63) is 11.9 Å². The van der Waals surface area contributed by atoms with E-state index >= 15 is 0 Å². The summed E-state index contributed by atoms with van der Waals surface area (Å²) in [6.45, 7) is 0. The third-order valence-corrected chi connectivity index (χ3v) is 1.23. The Bertz CT molecular complexity index is 196. The lowest BCUT2D eigenvalue weighted by molar-refractivity contribution is 0.0595. The van der Waals surface area contributed by atoms with Crippen LogP contribution < -0.4 is 0 Å². The van der Waals surface area contributed by atoms with Crippen molar-refractivity contribution in [1.82, 2.24) is 8.75 Å². The van der Waals surface area contributed by atoms with E-state index in [1.807, 2.05) is 0 Å². The molecule has 0 aromatic carbocycles. The molecule has 48 valence electrons. The smallest absolute Gasteiger partial charge is 0.359 e. The molecule has 1 heterocycles. The molecule has 5 heteroatoms. The lowest BCUT2D eigenvalue weighted by atomic mass is 10.5. The Morgan fingerprint density at radius 2 is 2.67 bits per heavy atom. The Morgan fingerprint density at radius 3 is 3.11 bits per heavy atom. The van der Waals surface area contributed by atoms with E-state index in [-0.39, 0.29) is 5.69 Å². The number of rotatable bonds is 1. The van der Waals surface area contributed by atoms with Crippen molar-refractivity contribution in [2.24, 2.45) is 0 Å². The van der Waals surface area contributed by atoms with Crippen molar-refractivity contribution in [3.8, 4) is 0 Å². The summed E-state index contributed by atoms with van der Waals surface area (Å²) < 4.78 is 11.6. The largest absolute Gasteiger partial charge is 0.464 e. The summed E-state index contributed by atoms with van der Waals surface area (Å²) >= 11 is 0.982. The molecule has 0 spiro atoms. The summed E-state index contributed by atoms with van der Waals surface area (Å²) in [5.41, 5.74) is 0.266. The van der Waals surface area contributed by atoms with Crippen molar-refractivity contribution >= 4 is 17.7 Å².